The van der Waals surface area contributed by atoms with Crippen molar-refractivity contribution in [1.82, 2.24) is 14.5 Å². The summed E-state index contributed by atoms with van der Waals surface area (Å²) in [6.45, 7) is 0. The van der Waals surface area contributed by atoms with Crippen LogP contribution in [-0.2, 0) is 0 Å². The van der Waals surface area contributed by atoms with Crippen molar-refractivity contribution in [3.8, 4) is 61.7 Å². The maximum atomic E-state index is 5.09. The lowest BCUT2D eigenvalue weighted by Gasteiger charge is -2.26. The van der Waals surface area contributed by atoms with Crippen LogP contribution in [0.25, 0.3) is 72.6 Å². The van der Waals surface area contributed by atoms with Crippen molar-refractivity contribution in [2.24, 2.45) is 0 Å². The molecule has 0 unspecified atom stereocenters. The molecule has 58 heavy (non-hydrogen) atoms. The Morgan fingerprint density at radius 2 is 0.862 bits per heavy atom. The van der Waals surface area contributed by atoms with Crippen LogP contribution in [0.15, 0.2) is 231 Å². The van der Waals surface area contributed by atoms with Gasteiger partial charge < -0.3 is 4.90 Å². The minimum Gasteiger partial charge on any atom is -0.310 e. The van der Waals surface area contributed by atoms with Gasteiger partial charge in [0, 0.05) is 46.0 Å². The van der Waals surface area contributed by atoms with Gasteiger partial charge in [0.05, 0.1) is 16.9 Å². The Bertz CT molecular complexity index is 2980. The molecule has 10 rings (SSSR count). The summed E-state index contributed by atoms with van der Waals surface area (Å²) in [5.74, 6) is 0.849. The molecule has 10 aromatic rings. The molecule has 0 saturated heterocycles. The number of hydrogen-bond acceptors (Lipinski definition) is 3. The van der Waals surface area contributed by atoms with Crippen LogP contribution in [-0.4, -0.2) is 14.5 Å². The zero-order valence-electron chi connectivity index (χ0n) is 31.7. The van der Waals surface area contributed by atoms with Crippen molar-refractivity contribution in [3.05, 3.63) is 231 Å². The number of nitrogens with zero attached hydrogens (tertiary/aromatic N) is 4. The van der Waals surface area contributed by atoms with Crippen LogP contribution >= 0.6 is 0 Å². The average molecular weight is 743 g/mol. The average Bonchev–Trinajstić information content (AvgIpc) is 3.65. The maximum absolute atomic E-state index is 5.09. The summed E-state index contributed by atoms with van der Waals surface area (Å²) in [4.78, 5) is 12.3. The second kappa shape index (κ2) is 15.4. The molecule has 0 aliphatic rings. The van der Waals surface area contributed by atoms with Crippen LogP contribution < -0.4 is 4.90 Å². The monoisotopic (exact) mass is 742 g/mol. The summed E-state index contributed by atoms with van der Waals surface area (Å²) < 4.78 is 2.35. The third-order valence-electron chi connectivity index (χ3n) is 10.7. The van der Waals surface area contributed by atoms with Gasteiger partial charge in [0.2, 0.25) is 0 Å². The summed E-state index contributed by atoms with van der Waals surface area (Å²) in [6, 6.07) is 77.0. The highest BCUT2D eigenvalue weighted by atomic mass is 15.1. The van der Waals surface area contributed by atoms with Crippen molar-refractivity contribution >= 4 is 28.0 Å². The Kier molecular flexibility index (Phi) is 9.18. The third kappa shape index (κ3) is 6.63. The van der Waals surface area contributed by atoms with E-state index in [9.17, 15) is 0 Å². The minimum absolute atomic E-state index is 0.849. The standard InChI is InChI=1S/C54H38N4/c1-6-17-39(18-7-1)43-31-33-55-50(36-43)45-25-16-28-47(35-45)57(46-26-14-5-15-27-46)48-29-30-49-51(38-48)58(52-37-44(32-34-56-52)40-19-8-2-9-20-40)54(42-23-12-4-13-24-42)53(49)41-21-10-3-11-22-41/h1-38H. The molecule has 274 valence electrons. The third-order valence-corrected chi connectivity index (χ3v) is 10.7. The number of hydrogen-bond donors (Lipinski definition) is 0. The van der Waals surface area contributed by atoms with Gasteiger partial charge in [-0.15, -0.1) is 0 Å². The fourth-order valence-electron chi connectivity index (χ4n) is 8.00. The van der Waals surface area contributed by atoms with Crippen LogP contribution in [0.2, 0.25) is 0 Å². The Labute approximate surface area is 338 Å². The number of rotatable bonds is 9. The molecule has 7 aromatic carbocycles. The van der Waals surface area contributed by atoms with Gasteiger partial charge in [0.15, 0.2) is 0 Å². The van der Waals surface area contributed by atoms with E-state index in [-0.39, 0.29) is 0 Å². The van der Waals surface area contributed by atoms with Crippen LogP contribution in [0.3, 0.4) is 0 Å². The van der Waals surface area contributed by atoms with Crippen molar-refractivity contribution in [2.75, 3.05) is 4.90 Å². The van der Waals surface area contributed by atoms with E-state index < -0.39 is 0 Å². The molecule has 3 heterocycles. The molecule has 0 saturated carbocycles. The summed E-state index contributed by atoms with van der Waals surface area (Å²) in [5, 5.41) is 1.14. The molecule has 0 aliphatic heterocycles. The van der Waals surface area contributed by atoms with Crippen LogP contribution in [0.4, 0.5) is 17.1 Å². The Balaban J connectivity index is 1.20. The number of fused-ring (bicyclic) bond motifs is 1. The highest BCUT2D eigenvalue weighted by Crippen LogP contribution is 2.45. The first-order valence-corrected chi connectivity index (χ1v) is 19.6. The van der Waals surface area contributed by atoms with E-state index in [2.05, 4.69) is 222 Å². The summed E-state index contributed by atoms with van der Waals surface area (Å²) in [7, 11) is 0. The zero-order chi connectivity index (χ0) is 38.7. The van der Waals surface area contributed by atoms with Crippen LogP contribution in [0.1, 0.15) is 0 Å². The van der Waals surface area contributed by atoms with Crippen molar-refractivity contribution in [3.63, 3.8) is 0 Å². The van der Waals surface area contributed by atoms with Gasteiger partial charge in [-0.05, 0) is 94.0 Å². The fourth-order valence-corrected chi connectivity index (χ4v) is 8.00. The number of pyridine rings is 2. The van der Waals surface area contributed by atoms with E-state index >= 15 is 0 Å². The van der Waals surface area contributed by atoms with E-state index in [1.54, 1.807) is 0 Å². The Morgan fingerprint density at radius 1 is 0.345 bits per heavy atom. The largest absolute Gasteiger partial charge is 0.310 e. The smallest absolute Gasteiger partial charge is 0.138 e. The molecule has 3 aromatic heterocycles. The number of anilines is 3. The molecule has 0 bridgehead atoms. The van der Waals surface area contributed by atoms with Gasteiger partial charge in [0.25, 0.3) is 0 Å². The molecule has 0 radical (unpaired) electrons. The molecule has 0 atom stereocenters. The second-order valence-electron chi connectivity index (χ2n) is 14.3. The van der Waals surface area contributed by atoms with Crippen molar-refractivity contribution in [1.29, 1.82) is 0 Å². The van der Waals surface area contributed by atoms with E-state index in [0.717, 1.165) is 89.7 Å². The van der Waals surface area contributed by atoms with Gasteiger partial charge >= 0.3 is 0 Å². The van der Waals surface area contributed by atoms with E-state index in [0.29, 0.717) is 0 Å². The quantitative estimate of drug-likeness (QED) is 0.148. The molecule has 4 nitrogen and oxygen atoms in total. The van der Waals surface area contributed by atoms with E-state index in [4.69, 9.17) is 9.97 Å². The highest BCUT2D eigenvalue weighted by Gasteiger charge is 2.24. The van der Waals surface area contributed by atoms with Crippen molar-refractivity contribution < 1.29 is 0 Å². The molecule has 0 amide bonds. The highest BCUT2D eigenvalue weighted by molar-refractivity contribution is 6.07. The predicted molar refractivity (Wildman–Crippen MR) is 241 cm³/mol. The SMILES string of the molecule is c1ccc(-c2ccnc(-c3cccc(N(c4ccccc4)c4ccc5c(-c6ccccc6)c(-c6ccccc6)n(-c6cc(-c7ccccc7)ccn6)c5c4)c3)c2)cc1. The lowest BCUT2D eigenvalue weighted by atomic mass is 9.98. The normalized spacial score (nSPS) is 11.1. The van der Waals surface area contributed by atoms with Crippen molar-refractivity contribution in [2.45, 2.75) is 0 Å². The first-order chi connectivity index (χ1) is 28.8. The molecular formula is C54H38N4. The molecule has 0 aliphatic carbocycles. The predicted octanol–water partition coefficient (Wildman–Crippen LogP) is 14.2. The fraction of sp³-hybridized carbons (Fsp3) is 0. The van der Waals surface area contributed by atoms with Crippen LogP contribution in [0, 0.1) is 0 Å². The topological polar surface area (TPSA) is 34.0 Å². The second-order valence-corrected chi connectivity index (χ2v) is 14.3. The lowest BCUT2D eigenvalue weighted by Crippen LogP contribution is -2.10. The summed E-state index contributed by atoms with van der Waals surface area (Å²) in [6.07, 6.45) is 3.82. The van der Waals surface area contributed by atoms with Gasteiger partial charge in [-0.3, -0.25) is 9.55 Å². The number of benzene rings is 7. The van der Waals surface area contributed by atoms with Gasteiger partial charge in [-0.2, -0.15) is 0 Å². The zero-order valence-corrected chi connectivity index (χ0v) is 31.7. The van der Waals surface area contributed by atoms with Gasteiger partial charge in [0.1, 0.15) is 5.82 Å². The Morgan fingerprint density at radius 3 is 1.52 bits per heavy atom. The molecule has 0 spiro atoms. The summed E-state index contributed by atoms with van der Waals surface area (Å²) >= 11 is 0. The Hall–Kier alpha value is -7.82. The first-order valence-electron chi connectivity index (χ1n) is 19.6. The molecule has 0 fully saturated rings. The minimum atomic E-state index is 0.849. The maximum Gasteiger partial charge on any atom is 0.138 e. The van der Waals surface area contributed by atoms with Gasteiger partial charge in [-0.25, -0.2) is 4.98 Å². The first kappa shape index (κ1) is 34.7. The molecular weight excluding hydrogens is 705 g/mol. The summed E-state index contributed by atoms with van der Waals surface area (Å²) in [5.41, 5.74) is 15.2. The lowest BCUT2D eigenvalue weighted by molar-refractivity contribution is 1.05. The van der Waals surface area contributed by atoms with Crippen LogP contribution in [0.5, 0.6) is 0 Å². The van der Waals surface area contributed by atoms with Gasteiger partial charge in [-0.1, -0.05) is 158 Å². The van der Waals surface area contributed by atoms with E-state index in [1.165, 1.54) is 0 Å². The van der Waals surface area contributed by atoms with E-state index in [1.807, 2.05) is 18.5 Å². The molecule has 4 heteroatoms. The number of para-hydroxylation sites is 1. The number of aromatic nitrogens is 3. The molecule has 0 N–H and O–H groups in total.